The smallest absolute Gasteiger partial charge is 0.169 e. The highest BCUT2D eigenvalue weighted by atomic mass is 35.5. The van der Waals surface area contributed by atoms with Crippen molar-refractivity contribution in [2.24, 2.45) is 0 Å². The van der Waals surface area contributed by atoms with Gasteiger partial charge in [0, 0.05) is 50.9 Å². The molecule has 6 heteroatoms. The standard InChI is InChI=1S/C17H24ClN3OS/c18-15-5-3-14(4-6-15)13-20-7-9-21(10-8-20)17(23)19-12-16-2-1-11-22-16/h3-6,16H,1-2,7-13H2,(H,19,23)/t16-/m0/s1. The lowest BCUT2D eigenvalue weighted by Crippen LogP contribution is -2.52. The van der Waals surface area contributed by atoms with Crippen molar-refractivity contribution in [2.75, 3.05) is 39.3 Å². The van der Waals surface area contributed by atoms with Gasteiger partial charge in [-0.3, -0.25) is 4.90 Å². The lowest BCUT2D eigenvalue weighted by molar-refractivity contribution is 0.112. The van der Waals surface area contributed by atoms with E-state index in [1.165, 1.54) is 12.0 Å². The van der Waals surface area contributed by atoms with Crippen LogP contribution < -0.4 is 5.32 Å². The molecule has 2 saturated heterocycles. The number of ether oxygens (including phenoxy) is 1. The largest absolute Gasteiger partial charge is 0.376 e. The van der Waals surface area contributed by atoms with Gasteiger partial charge >= 0.3 is 0 Å². The van der Waals surface area contributed by atoms with E-state index in [0.29, 0.717) is 6.10 Å². The molecule has 4 nitrogen and oxygen atoms in total. The molecular weight excluding hydrogens is 330 g/mol. The number of benzene rings is 1. The SMILES string of the molecule is S=C(NC[C@@H]1CCCO1)N1CCN(Cc2ccc(Cl)cc2)CC1. The Balaban J connectivity index is 1.39. The van der Waals surface area contributed by atoms with Gasteiger partial charge in [-0.2, -0.15) is 0 Å². The minimum Gasteiger partial charge on any atom is -0.376 e. The first-order valence-electron chi connectivity index (χ1n) is 8.32. The Bertz CT molecular complexity index is 511. The van der Waals surface area contributed by atoms with Crippen molar-refractivity contribution in [1.29, 1.82) is 0 Å². The van der Waals surface area contributed by atoms with Gasteiger partial charge in [-0.25, -0.2) is 0 Å². The first-order valence-corrected chi connectivity index (χ1v) is 9.10. The van der Waals surface area contributed by atoms with Crippen LogP contribution in [0.2, 0.25) is 5.02 Å². The molecule has 2 aliphatic rings. The molecule has 0 unspecified atom stereocenters. The first-order chi connectivity index (χ1) is 11.2. The molecule has 23 heavy (non-hydrogen) atoms. The second kappa shape index (κ2) is 8.29. The van der Waals surface area contributed by atoms with Crippen LogP contribution in [-0.2, 0) is 11.3 Å². The number of nitrogens with one attached hydrogen (secondary N) is 1. The average molecular weight is 354 g/mol. The van der Waals surface area contributed by atoms with Crippen LogP contribution in [-0.4, -0.2) is 60.3 Å². The van der Waals surface area contributed by atoms with Crippen LogP contribution in [0.1, 0.15) is 18.4 Å². The average Bonchev–Trinajstić information content (AvgIpc) is 3.09. The molecule has 0 aromatic heterocycles. The van der Waals surface area contributed by atoms with Gasteiger partial charge < -0.3 is 15.0 Å². The highest BCUT2D eigenvalue weighted by molar-refractivity contribution is 7.80. The molecule has 0 amide bonds. The number of hydrogen-bond donors (Lipinski definition) is 1. The molecule has 1 aromatic carbocycles. The predicted octanol–water partition coefficient (Wildman–Crippen LogP) is 2.51. The maximum Gasteiger partial charge on any atom is 0.169 e. The molecular formula is C17H24ClN3OS. The van der Waals surface area contributed by atoms with E-state index in [0.717, 1.165) is 62.4 Å². The summed E-state index contributed by atoms with van der Waals surface area (Å²) in [6, 6.07) is 8.11. The molecule has 0 radical (unpaired) electrons. The molecule has 3 rings (SSSR count). The molecule has 126 valence electrons. The topological polar surface area (TPSA) is 27.7 Å². The van der Waals surface area contributed by atoms with E-state index in [1.54, 1.807) is 0 Å². The van der Waals surface area contributed by atoms with E-state index >= 15 is 0 Å². The number of hydrogen-bond acceptors (Lipinski definition) is 3. The molecule has 0 aliphatic carbocycles. The Morgan fingerprint density at radius 1 is 1.22 bits per heavy atom. The van der Waals surface area contributed by atoms with Crippen LogP contribution in [0.3, 0.4) is 0 Å². The molecule has 1 atom stereocenters. The molecule has 2 fully saturated rings. The minimum absolute atomic E-state index is 0.333. The summed E-state index contributed by atoms with van der Waals surface area (Å²) in [5, 5.41) is 5.02. The van der Waals surface area contributed by atoms with Crippen molar-refractivity contribution in [2.45, 2.75) is 25.5 Å². The Labute approximate surface area is 148 Å². The maximum atomic E-state index is 5.93. The van der Waals surface area contributed by atoms with E-state index in [4.69, 9.17) is 28.6 Å². The zero-order chi connectivity index (χ0) is 16.1. The Hall–Kier alpha value is -0.880. The monoisotopic (exact) mass is 353 g/mol. The third kappa shape index (κ3) is 5.05. The summed E-state index contributed by atoms with van der Waals surface area (Å²) in [5.74, 6) is 0. The van der Waals surface area contributed by atoms with Gasteiger partial charge in [0.1, 0.15) is 0 Å². The molecule has 1 aromatic rings. The summed E-state index contributed by atoms with van der Waals surface area (Å²) < 4.78 is 5.62. The Morgan fingerprint density at radius 3 is 2.61 bits per heavy atom. The molecule has 2 aliphatic heterocycles. The van der Waals surface area contributed by atoms with Gasteiger partial charge in [-0.1, -0.05) is 23.7 Å². The first kappa shape index (κ1) is 17.0. The predicted molar refractivity (Wildman–Crippen MR) is 97.9 cm³/mol. The van der Waals surface area contributed by atoms with E-state index in [2.05, 4.69) is 27.2 Å². The fourth-order valence-corrected chi connectivity index (χ4v) is 3.47. The maximum absolute atomic E-state index is 5.93. The van der Waals surface area contributed by atoms with Gasteiger partial charge in [0.05, 0.1) is 6.10 Å². The van der Waals surface area contributed by atoms with Crippen molar-refractivity contribution in [3.05, 3.63) is 34.9 Å². The van der Waals surface area contributed by atoms with Crippen molar-refractivity contribution < 1.29 is 4.74 Å². The van der Waals surface area contributed by atoms with Crippen molar-refractivity contribution in [1.82, 2.24) is 15.1 Å². The number of nitrogens with zero attached hydrogens (tertiary/aromatic N) is 2. The van der Waals surface area contributed by atoms with Gasteiger partial charge in [0.2, 0.25) is 0 Å². The van der Waals surface area contributed by atoms with E-state index < -0.39 is 0 Å². The second-order valence-corrected chi connectivity index (χ2v) is 7.03. The zero-order valence-electron chi connectivity index (χ0n) is 13.3. The van der Waals surface area contributed by atoms with Crippen LogP contribution in [0.25, 0.3) is 0 Å². The second-order valence-electron chi connectivity index (χ2n) is 6.21. The van der Waals surface area contributed by atoms with Crippen LogP contribution in [0.4, 0.5) is 0 Å². The van der Waals surface area contributed by atoms with Gasteiger partial charge in [-0.05, 0) is 42.8 Å². The van der Waals surface area contributed by atoms with Crippen molar-refractivity contribution in [3.63, 3.8) is 0 Å². The van der Waals surface area contributed by atoms with Crippen molar-refractivity contribution >= 4 is 28.9 Å². The quantitative estimate of drug-likeness (QED) is 0.840. The molecule has 0 bridgehead atoms. The minimum atomic E-state index is 0.333. The highest BCUT2D eigenvalue weighted by Gasteiger charge is 2.20. The van der Waals surface area contributed by atoms with Crippen LogP contribution in [0.15, 0.2) is 24.3 Å². The van der Waals surface area contributed by atoms with Gasteiger partial charge in [0.15, 0.2) is 5.11 Å². The fraction of sp³-hybridized carbons (Fsp3) is 0.588. The van der Waals surface area contributed by atoms with Crippen LogP contribution in [0.5, 0.6) is 0 Å². The fourth-order valence-electron chi connectivity index (χ4n) is 3.08. The van der Waals surface area contributed by atoms with Gasteiger partial charge in [0.25, 0.3) is 0 Å². The highest BCUT2D eigenvalue weighted by Crippen LogP contribution is 2.13. The number of thiocarbonyl (C=S) groups is 1. The molecule has 0 spiro atoms. The van der Waals surface area contributed by atoms with E-state index in [1.807, 2.05) is 12.1 Å². The van der Waals surface area contributed by atoms with E-state index in [9.17, 15) is 0 Å². The zero-order valence-corrected chi connectivity index (χ0v) is 14.9. The molecule has 2 heterocycles. The summed E-state index contributed by atoms with van der Waals surface area (Å²) in [5.41, 5.74) is 1.31. The summed E-state index contributed by atoms with van der Waals surface area (Å²) in [4.78, 5) is 4.73. The lowest BCUT2D eigenvalue weighted by Gasteiger charge is -2.36. The van der Waals surface area contributed by atoms with Gasteiger partial charge in [-0.15, -0.1) is 0 Å². The summed E-state index contributed by atoms with van der Waals surface area (Å²) in [6.45, 7) is 6.72. The number of piperazine rings is 1. The number of rotatable bonds is 4. The third-order valence-electron chi connectivity index (χ3n) is 4.48. The third-order valence-corrected chi connectivity index (χ3v) is 5.14. The molecule has 0 saturated carbocycles. The van der Waals surface area contributed by atoms with E-state index in [-0.39, 0.29) is 0 Å². The summed E-state index contributed by atoms with van der Waals surface area (Å²) in [6.07, 6.45) is 2.65. The van der Waals surface area contributed by atoms with Crippen molar-refractivity contribution in [3.8, 4) is 0 Å². The van der Waals surface area contributed by atoms with Crippen LogP contribution in [0, 0.1) is 0 Å². The Kier molecular flexibility index (Phi) is 6.11. The summed E-state index contributed by atoms with van der Waals surface area (Å²) in [7, 11) is 0. The van der Waals surface area contributed by atoms with Crippen LogP contribution >= 0.6 is 23.8 Å². The summed E-state index contributed by atoms with van der Waals surface area (Å²) >= 11 is 11.5. The normalized spacial score (nSPS) is 22.3. The molecule has 1 N–H and O–H groups in total. The lowest BCUT2D eigenvalue weighted by atomic mass is 10.2. The Morgan fingerprint density at radius 2 is 1.96 bits per heavy atom. The number of halogens is 1.